The summed E-state index contributed by atoms with van der Waals surface area (Å²) in [6, 6.07) is 8.13. The Morgan fingerprint density at radius 2 is 1.85 bits per heavy atom. The van der Waals surface area contributed by atoms with E-state index in [1.54, 1.807) is 0 Å². The molecule has 0 radical (unpaired) electrons. The van der Waals surface area contributed by atoms with Gasteiger partial charge in [0.2, 0.25) is 5.91 Å². The molecule has 1 saturated carbocycles. The second-order valence-electron chi connectivity index (χ2n) is 6.39. The molecule has 4 heteroatoms. The molecule has 2 atom stereocenters. The van der Waals surface area contributed by atoms with Crippen LogP contribution in [0.1, 0.15) is 25.0 Å². The Kier molecular flexibility index (Phi) is 2.85. The van der Waals surface area contributed by atoms with Crippen molar-refractivity contribution in [2.75, 3.05) is 6.54 Å². The van der Waals surface area contributed by atoms with Crippen LogP contribution in [0.25, 0.3) is 0 Å². The number of carbonyl (C=O) groups is 2. The summed E-state index contributed by atoms with van der Waals surface area (Å²) in [7, 11) is 0. The highest BCUT2D eigenvalue weighted by atomic mass is 16.4. The summed E-state index contributed by atoms with van der Waals surface area (Å²) in [4.78, 5) is 25.6. The fourth-order valence-corrected chi connectivity index (χ4v) is 3.44. The van der Waals surface area contributed by atoms with Crippen LogP contribution in [0.5, 0.6) is 0 Å². The van der Waals surface area contributed by atoms with E-state index in [1.165, 1.54) is 11.1 Å². The molecule has 0 unspecified atom stereocenters. The topological polar surface area (TPSA) is 57.6 Å². The average Bonchev–Trinajstić information content (AvgIpc) is 3.00. The zero-order chi connectivity index (χ0) is 14.5. The molecule has 4 nitrogen and oxygen atoms in total. The fourth-order valence-electron chi connectivity index (χ4n) is 3.44. The number of fused-ring (bicyclic) bond motifs is 1. The van der Waals surface area contributed by atoms with Gasteiger partial charge in [-0.1, -0.05) is 38.1 Å². The van der Waals surface area contributed by atoms with Crippen LogP contribution in [0.15, 0.2) is 24.3 Å². The molecule has 1 aliphatic carbocycles. The van der Waals surface area contributed by atoms with Gasteiger partial charge in [-0.25, -0.2) is 0 Å². The molecular weight excluding hydrogens is 254 g/mol. The summed E-state index contributed by atoms with van der Waals surface area (Å²) in [6.45, 7) is 5.03. The number of hydrogen-bond acceptors (Lipinski definition) is 2. The van der Waals surface area contributed by atoms with Gasteiger partial charge in [0, 0.05) is 13.1 Å². The highest BCUT2D eigenvalue weighted by Gasteiger charge is 2.66. The van der Waals surface area contributed by atoms with Crippen LogP contribution < -0.4 is 0 Å². The van der Waals surface area contributed by atoms with Crippen molar-refractivity contribution in [3.63, 3.8) is 0 Å². The number of nitrogens with zero attached hydrogens (tertiary/aromatic N) is 1. The third-order valence-electron chi connectivity index (χ3n) is 4.80. The van der Waals surface area contributed by atoms with Crippen molar-refractivity contribution in [3.05, 3.63) is 35.4 Å². The van der Waals surface area contributed by atoms with Crippen LogP contribution in [0.3, 0.4) is 0 Å². The smallest absolute Gasteiger partial charge is 0.307 e. The maximum atomic E-state index is 12.6. The fraction of sp³-hybridized carbons (Fsp3) is 0.500. The van der Waals surface area contributed by atoms with E-state index in [1.807, 2.05) is 36.9 Å². The Labute approximate surface area is 118 Å². The van der Waals surface area contributed by atoms with Gasteiger partial charge in [-0.15, -0.1) is 0 Å². The number of amides is 1. The molecular formula is C16H19NO3. The maximum Gasteiger partial charge on any atom is 0.307 e. The van der Waals surface area contributed by atoms with E-state index < -0.39 is 17.3 Å². The largest absolute Gasteiger partial charge is 0.481 e. The molecule has 20 heavy (non-hydrogen) atoms. The average molecular weight is 273 g/mol. The van der Waals surface area contributed by atoms with Gasteiger partial charge in [0.1, 0.15) is 0 Å². The Hall–Kier alpha value is -1.84. The van der Waals surface area contributed by atoms with E-state index in [-0.39, 0.29) is 11.8 Å². The van der Waals surface area contributed by atoms with E-state index in [0.29, 0.717) is 13.1 Å². The molecule has 1 aromatic rings. The summed E-state index contributed by atoms with van der Waals surface area (Å²) in [6.07, 6.45) is 0.854. The summed E-state index contributed by atoms with van der Waals surface area (Å²) < 4.78 is 0. The highest BCUT2D eigenvalue weighted by Crippen LogP contribution is 2.59. The minimum Gasteiger partial charge on any atom is -0.481 e. The van der Waals surface area contributed by atoms with Gasteiger partial charge in [0.05, 0.1) is 11.8 Å². The first-order valence-electron chi connectivity index (χ1n) is 7.01. The molecule has 106 valence electrons. The number of hydrogen-bond donors (Lipinski definition) is 1. The van der Waals surface area contributed by atoms with E-state index in [9.17, 15) is 14.7 Å². The summed E-state index contributed by atoms with van der Waals surface area (Å²) in [5, 5.41) is 9.19. The zero-order valence-electron chi connectivity index (χ0n) is 11.8. The van der Waals surface area contributed by atoms with E-state index in [0.717, 1.165) is 6.42 Å². The van der Waals surface area contributed by atoms with Crippen molar-refractivity contribution < 1.29 is 14.7 Å². The highest BCUT2D eigenvalue weighted by molar-refractivity contribution is 5.91. The number of carboxylic acids is 1. The number of aliphatic carboxylic acids is 1. The maximum absolute atomic E-state index is 12.6. The van der Waals surface area contributed by atoms with Crippen LogP contribution in [0.2, 0.25) is 0 Å². The Morgan fingerprint density at radius 1 is 1.20 bits per heavy atom. The van der Waals surface area contributed by atoms with Crippen molar-refractivity contribution in [1.29, 1.82) is 0 Å². The first-order chi connectivity index (χ1) is 9.43. The van der Waals surface area contributed by atoms with Crippen LogP contribution in [-0.2, 0) is 22.6 Å². The zero-order valence-corrected chi connectivity index (χ0v) is 11.8. The number of carboxylic acid groups (broad SMARTS) is 1. The van der Waals surface area contributed by atoms with Gasteiger partial charge >= 0.3 is 5.97 Å². The third-order valence-corrected chi connectivity index (χ3v) is 4.80. The molecule has 1 N–H and O–H groups in total. The van der Waals surface area contributed by atoms with Crippen LogP contribution in [0.4, 0.5) is 0 Å². The lowest BCUT2D eigenvalue weighted by Gasteiger charge is -2.29. The lowest BCUT2D eigenvalue weighted by Crippen LogP contribution is -2.38. The molecule has 1 amide bonds. The molecule has 2 aliphatic rings. The van der Waals surface area contributed by atoms with Gasteiger partial charge in [-0.05, 0) is 23.0 Å². The summed E-state index contributed by atoms with van der Waals surface area (Å²) in [5.74, 6) is -1.76. The monoisotopic (exact) mass is 273 g/mol. The van der Waals surface area contributed by atoms with Gasteiger partial charge in [-0.3, -0.25) is 9.59 Å². The van der Waals surface area contributed by atoms with Crippen molar-refractivity contribution >= 4 is 11.9 Å². The summed E-state index contributed by atoms with van der Waals surface area (Å²) in [5.41, 5.74) is 2.05. The Bertz CT molecular complexity index is 579. The molecule has 0 aromatic heterocycles. The molecule has 3 rings (SSSR count). The summed E-state index contributed by atoms with van der Waals surface area (Å²) >= 11 is 0. The van der Waals surface area contributed by atoms with Crippen LogP contribution >= 0.6 is 0 Å². The predicted molar refractivity (Wildman–Crippen MR) is 74.0 cm³/mol. The van der Waals surface area contributed by atoms with Gasteiger partial charge in [0.25, 0.3) is 0 Å². The van der Waals surface area contributed by atoms with Gasteiger partial charge < -0.3 is 10.0 Å². The second kappa shape index (κ2) is 4.33. The second-order valence-corrected chi connectivity index (χ2v) is 6.39. The van der Waals surface area contributed by atoms with Crippen LogP contribution in [-0.4, -0.2) is 28.4 Å². The standard InChI is InChI=1S/C16H19NO3/c1-16(2)12(13(16)15(19)20)14(18)17-8-7-10-5-3-4-6-11(10)9-17/h3-6,12-13H,7-9H2,1-2H3,(H,19,20)/t12-,13-/m0/s1. The SMILES string of the molecule is CC1(C)[C@H](C(=O)O)[C@H]1C(=O)N1CCc2ccccc2C1. The Morgan fingerprint density at radius 3 is 2.45 bits per heavy atom. The molecule has 1 aromatic carbocycles. The van der Waals surface area contributed by atoms with Gasteiger partial charge in [-0.2, -0.15) is 0 Å². The molecule has 1 heterocycles. The van der Waals surface area contributed by atoms with E-state index in [4.69, 9.17) is 0 Å². The number of benzene rings is 1. The number of rotatable bonds is 2. The minimum atomic E-state index is -0.856. The van der Waals surface area contributed by atoms with Crippen LogP contribution in [0, 0.1) is 17.3 Å². The van der Waals surface area contributed by atoms with Crippen molar-refractivity contribution in [1.82, 2.24) is 4.90 Å². The normalized spacial score (nSPS) is 26.8. The molecule has 0 saturated heterocycles. The lowest BCUT2D eigenvalue weighted by atomic mass is 9.99. The van der Waals surface area contributed by atoms with Gasteiger partial charge in [0.15, 0.2) is 0 Å². The minimum absolute atomic E-state index is 0.00287. The van der Waals surface area contributed by atoms with Crippen molar-refractivity contribution in [3.8, 4) is 0 Å². The Balaban J connectivity index is 1.76. The molecule has 1 aliphatic heterocycles. The third kappa shape index (κ3) is 1.90. The van der Waals surface area contributed by atoms with E-state index in [2.05, 4.69) is 6.07 Å². The quantitative estimate of drug-likeness (QED) is 0.895. The van der Waals surface area contributed by atoms with E-state index >= 15 is 0 Å². The molecule has 1 fully saturated rings. The lowest BCUT2D eigenvalue weighted by molar-refractivity contribution is -0.142. The molecule has 0 bridgehead atoms. The first kappa shape index (κ1) is 13.2. The molecule has 0 spiro atoms. The first-order valence-corrected chi connectivity index (χ1v) is 7.01. The van der Waals surface area contributed by atoms with Crippen molar-refractivity contribution in [2.45, 2.75) is 26.8 Å². The van der Waals surface area contributed by atoms with Crippen molar-refractivity contribution in [2.24, 2.45) is 17.3 Å². The number of carbonyl (C=O) groups excluding carboxylic acids is 1. The predicted octanol–water partition coefficient (Wildman–Crippen LogP) is 1.93.